The molecule has 0 fully saturated rings. The minimum atomic E-state index is -0.0781. The molecule has 0 unspecified atom stereocenters. The normalized spacial score (nSPS) is 10.3. The van der Waals surface area contributed by atoms with Crippen LogP contribution in [0.2, 0.25) is 5.02 Å². The first-order valence-corrected chi connectivity index (χ1v) is 8.97. The molecule has 0 aliphatic carbocycles. The second kappa shape index (κ2) is 9.10. The highest BCUT2D eigenvalue weighted by Crippen LogP contribution is 2.28. The number of rotatable bonds is 7. The van der Waals surface area contributed by atoms with Gasteiger partial charge < -0.3 is 14.8 Å². The molecule has 138 valence electrons. The van der Waals surface area contributed by atoms with Crippen LogP contribution in [0.3, 0.4) is 0 Å². The van der Waals surface area contributed by atoms with Crippen molar-refractivity contribution in [1.29, 1.82) is 0 Å². The van der Waals surface area contributed by atoms with Crippen LogP contribution in [0.5, 0.6) is 17.2 Å². The third-order valence-corrected chi connectivity index (χ3v) is 4.43. The summed E-state index contributed by atoms with van der Waals surface area (Å²) in [6.45, 7) is 0. The molecule has 3 aromatic rings. The summed E-state index contributed by atoms with van der Waals surface area (Å²) < 4.78 is 10.9. The Hall–Kier alpha value is -2.98. The van der Waals surface area contributed by atoms with E-state index in [1.807, 2.05) is 66.7 Å². The number of benzene rings is 3. The molecule has 0 atom stereocenters. The Labute approximate surface area is 163 Å². The molecule has 5 heteroatoms. The van der Waals surface area contributed by atoms with Gasteiger partial charge in [-0.1, -0.05) is 41.9 Å². The van der Waals surface area contributed by atoms with Gasteiger partial charge in [0.25, 0.3) is 0 Å². The van der Waals surface area contributed by atoms with Crippen LogP contribution in [0.15, 0.2) is 72.8 Å². The zero-order valence-electron chi connectivity index (χ0n) is 14.9. The Bertz CT molecular complexity index is 895. The molecule has 1 N–H and O–H groups in total. The van der Waals surface area contributed by atoms with Gasteiger partial charge in [0, 0.05) is 12.1 Å². The molecule has 27 heavy (non-hydrogen) atoms. The Morgan fingerprint density at radius 3 is 2.33 bits per heavy atom. The smallest absolute Gasteiger partial charge is 0.224 e. The number of carbonyl (C=O) groups excluding carboxylic acids is 1. The molecule has 0 aromatic heterocycles. The molecule has 0 aliphatic rings. The predicted molar refractivity (Wildman–Crippen MR) is 108 cm³/mol. The average molecular weight is 382 g/mol. The second-order valence-electron chi connectivity index (χ2n) is 5.92. The SMILES string of the molecule is COc1cccc(CCC(=O)Nc2ccc(Oc3ccccc3)cc2)c1Cl. The zero-order valence-corrected chi connectivity index (χ0v) is 15.7. The number of aryl methyl sites for hydroxylation is 1. The van der Waals surface area contributed by atoms with Gasteiger partial charge in [-0.25, -0.2) is 0 Å². The van der Waals surface area contributed by atoms with Crippen molar-refractivity contribution in [2.24, 2.45) is 0 Å². The number of carbonyl (C=O) groups is 1. The van der Waals surface area contributed by atoms with Crippen LogP contribution in [0.1, 0.15) is 12.0 Å². The quantitative estimate of drug-likeness (QED) is 0.570. The molecular weight excluding hydrogens is 362 g/mol. The average Bonchev–Trinajstić information content (AvgIpc) is 2.69. The van der Waals surface area contributed by atoms with Crippen LogP contribution < -0.4 is 14.8 Å². The first-order chi connectivity index (χ1) is 13.2. The van der Waals surface area contributed by atoms with Gasteiger partial charge in [0.2, 0.25) is 5.91 Å². The van der Waals surface area contributed by atoms with Crippen molar-refractivity contribution in [3.8, 4) is 17.2 Å². The van der Waals surface area contributed by atoms with Gasteiger partial charge in [-0.2, -0.15) is 0 Å². The van der Waals surface area contributed by atoms with Crippen LogP contribution in [-0.4, -0.2) is 13.0 Å². The maximum atomic E-state index is 12.2. The lowest BCUT2D eigenvalue weighted by Gasteiger charge is -2.10. The third kappa shape index (κ3) is 5.25. The van der Waals surface area contributed by atoms with Gasteiger partial charge >= 0.3 is 0 Å². The van der Waals surface area contributed by atoms with Crippen LogP contribution in [-0.2, 0) is 11.2 Å². The van der Waals surface area contributed by atoms with Crippen molar-refractivity contribution in [2.45, 2.75) is 12.8 Å². The molecule has 1 amide bonds. The van der Waals surface area contributed by atoms with Gasteiger partial charge in [0.1, 0.15) is 17.2 Å². The number of nitrogens with one attached hydrogen (secondary N) is 1. The minimum absolute atomic E-state index is 0.0781. The molecule has 3 aromatic carbocycles. The van der Waals surface area contributed by atoms with Crippen LogP contribution in [0.4, 0.5) is 5.69 Å². The van der Waals surface area contributed by atoms with E-state index in [0.717, 1.165) is 17.0 Å². The molecule has 0 radical (unpaired) electrons. The van der Waals surface area contributed by atoms with E-state index < -0.39 is 0 Å². The van der Waals surface area contributed by atoms with Crippen molar-refractivity contribution in [3.05, 3.63) is 83.4 Å². The topological polar surface area (TPSA) is 47.6 Å². The predicted octanol–water partition coefficient (Wildman–Crippen LogP) is 5.71. The fourth-order valence-corrected chi connectivity index (χ4v) is 2.91. The number of methoxy groups -OCH3 is 1. The standard InChI is InChI=1S/C22H20ClNO3/c1-26-20-9-5-6-16(22(20)23)10-15-21(25)24-17-11-13-19(14-12-17)27-18-7-3-2-4-8-18/h2-9,11-14H,10,15H2,1H3,(H,24,25). The first kappa shape index (κ1) is 18.8. The zero-order chi connectivity index (χ0) is 19.1. The summed E-state index contributed by atoms with van der Waals surface area (Å²) in [5.74, 6) is 2.01. The summed E-state index contributed by atoms with van der Waals surface area (Å²) in [5, 5.41) is 3.43. The van der Waals surface area contributed by atoms with Crippen molar-refractivity contribution >= 4 is 23.2 Å². The van der Waals surface area contributed by atoms with Crippen LogP contribution >= 0.6 is 11.6 Å². The number of para-hydroxylation sites is 1. The first-order valence-electron chi connectivity index (χ1n) is 8.60. The van der Waals surface area contributed by atoms with E-state index >= 15 is 0 Å². The number of hydrogen-bond donors (Lipinski definition) is 1. The van der Waals surface area contributed by atoms with Gasteiger partial charge in [0.15, 0.2) is 0 Å². The number of anilines is 1. The van der Waals surface area contributed by atoms with Crippen LogP contribution in [0, 0.1) is 0 Å². The van der Waals surface area contributed by atoms with Gasteiger partial charge in [0.05, 0.1) is 12.1 Å². The Kier molecular flexibility index (Phi) is 6.34. The Balaban J connectivity index is 1.54. The lowest BCUT2D eigenvalue weighted by atomic mass is 10.1. The lowest BCUT2D eigenvalue weighted by molar-refractivity contribution is -0.116. The highest BCUT2D eigenvalue weighted by atomic mass is 35.5. The minimum Gasteiger partial charge on any atom is -0.495 e. The fraction of sp³-hybridized carbons (Fsp3) is 0.136. The molecule has 0 bridgehead atoms. The Morgan fingerprint density at radius 2 is 1.63 bits per heavy atom. The number of ether oxygens (including phenoxy) is 2. The number of hydrogen-bond acceptors (Lipinski definition) is 3. The van der Waals surface area contributed by atoms with E-state index in [1.54, 1.807) is 13.2 Å². The van der Waals surface area contributed by atoms with Crippen molar-refractivity contribution in [1.82, 2.24) is 0 Å². The fourth-order valence-electron chi connectivity index (χ4n) is 2.61. The molecule has 0 saturated heterocycles. The van der Waals surface area contributed by atoms with Crippen LogP contribution in [0.25, 0.3) is 0 Å². The summed E-state index contributed by atoms with van der Waals surface area (Å²) in [6.07, 6.45) is 0.867. The maximum absolute atomic E-state index is 12.2. The number of amides is 1. The van der Waals surface area contributed by atoms with E-state index in [-0.39, 0.29) is 5.91 Å². The van der Waals surface area contributed by atoms with Crippen molar-refractivity contribution in [2.75, 3.05) is 12.4 Å². The molecule has 0 aliphatic heterocycles. The van der Waals surface area contributed by atoms with Gasteiger partial charge in [-0.05, 0) is 54.4 Å². The number of halogens is 1. The molecular formula is C22H20ClNO3. The molecule has 3 rings (SSSR count). The second-order valence-corrected chi connectivity index (χ2v) is 6.30. The molecule has 4 nitrogen and oxygen atoms in total. The lowest BCUT2D eigenvalue weighted by Crippen LogP contribution is -2.12. The van der Waals surface area contributed by atoms with E-state index in [2.05, 4.69) is 5.32 Å². The van der Waals surface area contributed by atoms with E-state index in [9.17, 15) is 4.79 Å². The summed E-state index contributed by atoms with van der Waals surface area (Å²) in [5.41, 5.74) is 1.61. The summed E-state index contributed by atoms with van der Waals surface area (Å²) in [7, 11) is 1.57. The van der Waals surface area contributed by atoms with Crippen molar-refractivity contribution in [3.63, 3.8) is 0 Å². The highest BCUT2D eigenvalue weighted by molar-refractivity contribution is 6.32. The van der Waals surface area contributed by atoms with E-state index in [0.29, 0.717) is 29.4 Å². The van der Waals surface area contributed by atoms with E-state index in [4.69, 9.17) is 21.1 Å². The monoisotopic (exact) mass is 381 g/mol. The molecule has 0 spiro atoms. The summed E-state index contributed by atoms with van der Waals surface area (Å²) in [6, 6.07) is 22.4. The molecule has 0 heterocycles. The maximum Gasteiger partial charge on any atom is 0.224 e. The third-order valence-electron chi connectivity index (χ3n) is 4.00. The largest absolute Gasteiger partial charge is 0.495 e. The van der Waals surface area contributed by atoms with E-state index in [1.165, 1.54) is 0 Å². The molecule has 0 saturated carbocycles. The Morgan fingerprint density at radius 1 is 0.926 bits per heavy atom. The summed E-state index contributed by atoms with van der Waals surface area (Å²) >= 11 is 6.27. The van der Waals surface area contributed by atoms with Crippen molar-refractivity contribution < 1.29 is 14.3 Å². The summed E-state index contributed by atoms with van der Waals surface area (Å²) in [4.78, 5) is 12.2. The highest BCUT2D eigenvalue weighted by Gasteiger charge is 2.09. The van der Waals surface area contributed by atoms with Gasteiger partial charge in [-0.15, -0.1) is 0 Å². The van der Waals surface area contributed by atoms with Gasteiger partial charge in [-0.3, -0.25) is 4.79 Å².